The van der Waals surface area contributed by atoms with Gasteiger partial charge in [0.1, 0.15) is 5.82 Å². The van der Waals surface area contributed by atoms with Gasteiger partial charge < -0.3 is 10.2 Å². The molecule has 2 rings (SSSR count). The second-order valence-electron chi connectivity index (χ2n) is 3.42. The van der Waals surface area contributed by atoms with Gasteiger partial charge in [-0.15, -0.1) is 5.10 Å². The SMILES string of the molecule is Cc1nnc(NS(=O)(=O)c2ccc(N)c(F)c2)o1. The monoisotopic (exact) mass is 272 g/mol. The first-order valence-electron chi connectivity index (χ1n) is 4.76. The summed E-state index contributed by atoms with van der Waals surface area (Å²) in [5.74, 6) is -0.615. The summed E-state index contributed by atoms with van der Waals surface area (Å²) < 4.78 is 43.7. The number of aryl methyl sites for hydroxylation is 1. The van der Waals surface area contributed by atoms with E-state index in [4.69, 9.17) is 10.2 Å². The van der Waals surface area contributed by atoms with Gasteiger partial charge in [-0.25, -0.2) is 17.5 Å². The van der Waals surface area contributed by atoms with Gasteiger partial charge in [0.05, 0.1) is 10.6 Å². The number of benzene rings is 1. The molecule has 0 fully saturated rings. The van der Waals surface area contributed by atoms with E-state index in [1.165, 1.54) is 13.0 Å². The van der Waals surface area contributed by atoms with E-state index in [0.29, 0.717) is 0 Å². The van der Waals surface area contributed by atoms with Gasteiger partial charge in [-0.1, -0.05) is 5.10 Å². The molecule has 96 valence electrons. The van der Waals surface area contributed by atoms with Crippen molar-refractivity contribution < 1.29 is 17.2 Å². The molecule has 0 radical (unpaired) electrons. The maximum Gasteiger partial charge on any atom is 0.329 e. The lowest BCUT2D eigenvalue weighted by molar-refractivity contribution is 0.534. The van der Waals surface area contributed by atoms with Gasteiger partial charge in [0.15, 0.2) is 0 Å². The standard InChI is InChI=1S/C9H9FN4O3S/c1-5-12-13-9(17-5)14-18(15,16)6-2-3-8(11)7(10)4-6/h2-4H,11H2,1H3,(H,13,14). The largest absolute Gasteiger partial charge is 0.408 e. The van der Waals surface area contributed by atoms with Crippen LogP contribution in [0.3, 0.4) is 0 Å². The number of nitrogens with zero attached hydrogens (tertiary/aromatic N) is 2. The minimum absolute atomic E-state index is 0.136. The minimum Gasteiger partial charge on any atom is -0.408 e. The Morgan fingerprint density at radius 3 is 2.67 bits per heavy atom. The Balaban J connectivity index is 2.33. The molecule has 2 aromatic rings. The van der Waals surface area contributed by atoms with Crippen molar-refractivity contribution in [2.45, 2.75) is 11.8 Å². The summed E-state index contributed by atoms with van der Waals surface area (Å²) >= 11 is 0. The smallest absolute Gasteiger partial charge is 0.329 e. The molecule has 1 aromatic heterocycles. The second-order valence-corrected chi connectivity index (χ2v) is 5.10. The van der Waals surface area contributed by atoms with E-state index in [0.717, 1.165) is 12.1 Å². The number of nitrogens with two attached hydrogens (primary N) is 1. The van der Waals surface area contributed by atoms with Gasteiger partial charge in [0.2, 0.25) is 5.89 Å². The van der Waals surface area contributed by atoms with Crippen LogP contribution in [0.5, 0.6) is 0 Å². The number of anilines is 2. The average molecular weight is 272 g/mol. The predicted octanol–water partition coefficient (Wildman–Crippen LogP) is 0.900. The molecule has 7 nitrogen and oxygen atoms in total. The Bertz CT molecular complexity index is 683. The summed E-state index contributed by atoms with van der Waals surface area (Å²) in [4.78, 5) is -0.287. The Morgan fingerprint density at radius 1 is 1.39 bits per heavy atom. The zero-order chi connectivity index (χ0) is 13.3. The number of hydrogen-bond donors (Lipinski definition) is 2. The van der Waals surface area contributed by atoms with Gasteiger partial charge in [-0.3, -0.25) is 0 Å². The van der Waals surface area contributed by atoms with Crippen LogP contribution in [0, 0.1) is 12.7 Å². The fourth-order valence-electron chi connectivity index (χ4n) is 1.19. The molecule has 0 saturated carbocycles. The Labute approximate surface area is 102 Å². The van der Waals surface area contributed by atoms with Crippen LogP contribution in [-0.2, 0) is 10.0 Å². The summed E-state index contributed by atoms with van der Waals surface area (Å²) in [6.07, 6.45) is 0. The van der Waals surface area contributed by atoms with Gasteiger partial charge in [-0.05, 0) is 18.2 Å². The summed E-state index contributed by atoms with van der Waals surface area (Å²) in [7, 11) is -3.98. The summed E-state index contributed by atoms with van der Waals surface area (Å²) in [5.41, 5.74) is 5.12. The molecule has 0 amide bonds. The molecule has 0 aliphatic carbocycles. The molecule has 9 heteroatoms. The molecule has 0 bridgehead atoms. The molecule has 0 spiro atoms. The topological polar surface area (TPSA) is 111 Å². The van der Waals surface area contributed by atoms with E-state index >= 15 is 0 Å². The van der Waals surface area contributed by atoms with E-state index in [1.807, 2.05) is 4.72 Å². The Morgan fingerprint density at radius 2 is 2.11 bits per heavy atom. The van der Waals surface area contributed by atoms with Crippen molar-refractivity contribution >= 4 is 21.7 Å². The number of hydrogen-bond acceptors (Lipinski definition) is 6. The first kappa shape index (κ1) is 12.3. The van der Waals surface area contributed by atoms with Crippen molar-refractivity contribution in [1.29, 1.82) is 0 Å². The number of aromatic nitrogens is 2. The molecular weight excluding hydrogens is 263 g/mol. The van der Waals surface area contributed by atoms with E-state index in [1.54, 1.807) is 0 Å². The Kier molecular flexibility index (Phi) is 2.91. The molecule has 0 aliphatic heterocycles. The van der Waals surface area contributed by atoms with Crippen LogP contribution in [0.25, 0.3) is 0 Å². The number of nitrogen functional groups attached to an aromatic ring is 1. The van der Waals surface area contributed by atoms with Gasteiger partial charge >= 0.3 is 6.01 Å². The number of nitrogens with one attached hydrogen (secondary N) is 1. The maximum absolute atomic E-state index is 13.2. The van der Waals surface area contributed by atoms with Crippen molar-refractivity contribution in [1.82, 2.24) is 10.2 Å². The fraction of sp³-hybridized carbons (Fsp3) is 0.111. The zero-order valence-electron chi connectivity index (χ0n) is 9.21. The minimum atomic E-state index is -3.98. The molecule has 1 aromatic carbocycles. The van der Waals surface area contributed by atoms with Crippen molar-refractivity contribution in [2.75, 3.05) is 10.5 Å². The van der Waals surface area contributed by atoms with Crippen LogP contribution in [0.15, 0.2) is 27.5 Å². The summed E-state index contributed by atoms with van der Waals surface area (Å²) in [6.45, 7) is 1.51. The van der Waals surface area contributed by atoms with Crippen LogP contribution in [0.2, 0.25) is 0 Å². The molecule has 0 atom stereocenters. The second kappa shape index (κ2) is 4.26. The third kappa shape index (κ3) is 2.40. The van der Waals surface area contributed by atoms with Crippen molar-refractivity contribution in [3.05, 3.63) is 29.9 Å². The van der Waals surface area contributed by atoms with Gasteiger partial charge in [0, 0.05) is 6.92 Å². The molecule has 18 heavy (non-hydrogen) atoms. The normalized spacial score (nSPS) is 11.4. The molecule has 3 N–H and O–H groups in total. The van der Waals surface area contributed by atoms with Gasteiger partial charge in [-0.2, -0.15) is 0 Å². The molecule has 0 saturated heterocycles. The molecule has 0 unspecified atom stereocenters. The number of rotatable bonds is 3. The first-order chi connectivity index (χ1) is 8.38. The predicted molar refractivity (Wildman–Crippen MR) is 60.7 cm³/mol. The molecule has 1 heterocycles. The average Bonchev–Trinajstić information content (AvgIpc) is 2.67. The van der Waals surface area contributed by atoms with Gasteiger partial charge in [0.25, 0.3) is 10.0 Å². The lowest BCUT2D eigenvalue weighted by Crippen LogP contribution is -2.13. The maximum atomic E-state index is 13.2. The highest BCUT2D eigenvalue weighted by molar-refractivity contribution is 7.92. The van der Waals surface area contributed by atoms with Crippen LogP contribution >= 0.6 is 0 Å². The van der Waals surface area contributed by atoms with E-state index in [-0.39, 0.29) is 22.5 Å². The highest BCUT2D eigenvalue weighted by atomic mass is 32.2. The van der Waals surface area contributed by atoms with E-state index in [9.17, 15) is 12.8 Å². The highest BCUT2D eigenvalue weighted by Gasteiger charge is 2.18. The van der Waals surface area contributed by atoms with E-state index < -0.39 is 15.8 Å². The highest BCUT2D eigenvalue weighted by Crippen LogP contribution is 2.18. The number of halogens is 1. The molecule has 0 aliphatic rings. The third-order valence-electron chi connectivity index (χ3n) is 2.03. The van der Waals surface area contributed by atoms with Crippen LogP contribution in [0.4, 0.5) is 16.1 Å². The third-order valence-corrected chi connectivity index (χ3v) is 3.35. The van der Waals surface area contributed by atoms with Crippen LogP contribution < -0.4 is 10.5 Å². The lowest BCUT2D eigenvalue weighted by Gasteiger charge is -2.04. The fourth-order valence-corrected chi connectivity index (χ4v) is 2.12. The first-order valence-corrected chi connectivity index (χ1v) is 6.25. The van der Waals surface area contributed by atoms with E-state index in [2.05, 4.69) is 10.2 Å². The lowest BCUT2D eigenvalue weighted by atomic mass is 10.3. The van der Waals surface area contributed by atoms with Crippen LogP contribution in [0.1, 0.15) is 5.89 Å². The van der Waals surface area contributed by atoms with Crippen LogP contribution in [-0.4, -0.2) is 18.6 Å². The van der Waals surface area contributed by atoms with Crippen molar-refractivity contribution in [2.24, 2.45) is 0 Å². The van der Waals surface area contributed by atoms with Crippen molar-refractivity contribution in [3.63, 3.8) is 0 Å². The summed E-state index contributed by atoms with van der Waals surface area (Å²) in [6, 6.07) is 2.85. The van der Waals surface area contributed by atoms with Crippen molar-refractivity contribution in [3.8, 4) is 0 Å². The molecular formula is C9H9FN4O3S. The quantitative estimate of drug-likeness (QED) is 0.803. The zero-order valence-corrected chi connectivity index (χ0v) is 10.0. The number of sulfonamides is 1. The Hall–Kier alpha value is -2.16. The summed E-state index contributed by atoms with van der Waals surface area (Å²) in [5, 5.41) is 6.93.